The third kappa shape index (κ3) is 1.72. The highest BCUT2D eigenvalue weighted by molar-refractivity contribution is 8.01. The Morgan fingerprint density at radius 3 is 2.89 bits per heavy atom. The van der Waals surface area contributed by atoms with E-state index >= 15 is 0 Å². The molecule has 1 aromatic heterocycles. The smallest absolute Gasteiger partial charge is 0.299 e. The van der Waals surface area contributed by atoms with E-state index in [2.05, 4.69) is 10.2 Å². The number of likely N-dealkylation sites (N-methyl/N-ethyl adjacent to an activating group) is 1. The van der Waals surface area contributed by atoms with Crippen LogP contribution in [0.5, 0.6) is 0 Å². The van der Waals surface area contributed by atoms with E-state index in [1.54, 1.807) is 18.6 Å². The minimum Gasteiger partial charge on any atom is -0.308 e. The highest BCUT2D eigenvalue weighted by Gasteiger charge is 2.33. The SMILES string of the molecule is CN1C(=O)C(=O)c2ccc(Sc3nncs3)cc21. The molecular formula is C11H7N3O2S2. The zero-order valence-electron chi connectivity index (χ0n) is 9.28. The number of amides is 1. The van der Waals surface area contributed by atoms with Crippen molar-refractivity contribution in [1.29, 1.82) is 0 Å². The number of fused-ring (bicyclic) bond motifs is 1. The fourth-order valence-electron chi connectivity index (χ4n) is 1.73. The van der Waals surface area contributed by atoms with E-state index in [-0.39, 0.29) is 0 Å². The van der Waals surface area contributed by atoms with Gasteiger partial charge in [0.25, 0.3) is 11.7 Å². The van der Waals surface area contributed by atoms with Crippen LogP contribution < -0.4 is 4.90 Å². The minimum atomic E-state index is -0.483. The fourth-order valence-corrected chi connectivity index (χ4v) is 3.21. The summed E-state index contributed by atoms with van der Waals surface area (Å²) in [6, 6.07) is 5.32. The van der Waals surface area contributed by atoms with Crippen LogP contribution in [0.4, 0.5) is 5.69 Å². The number of aromatic nitrogens is 2. The molecule has 0 saturated carbocycles. The largest absolute Gasteiger partial charge is 0.308 e. The van der Waals surface area contributed by atoms with Gasteiger partial charge in [-0.2, -0.15) is 0 Å². The second-order valence-electron chi connectivity index (χ2n) is 3.68. The predicted molar refractivity (Wildman–Crippen MR) is 68.2 cm³/mol. The molecule has 0 atom stereocenters. The Kier molecular flexibility index (Phi) is 2.64. The van der Waals surface area contributed by atoms with Gasteiger partial charge in [0.1, 0.15) is 5.51 Å². The van der Waals surface area contributed by atoms with Crippen LogP contribution in [0.1, 0.15) is 10.4 Å². The van der Waals surface area contributed by atoms with E-state index in [0.29, 0.717) is 11.3 Å². The first-order valence-corrected chi connectivity index (χ1v) is 6.77. The Labute approximate surface area is 111 Å². The lowest BCUT2D eigenvalue weighted by molar-refractivity contribution is -0.114. The van der Waals surface area contributed by atoms with Crippen molar-refractivity contribution in [3.63, 3.8) is 0 Å². The lowest BCUT2D eigenvalue weighted by Crippen LogP contribution is -2.24. The Balaban J connectivity index is 1.97. The molecule has 0 fully saturated rings. The molecule has 90 valence electrons. The van der Waals surface area contributed by atoms with Gasteiger partial charge in [-0.05, 0) is 18.2 Å². The molecule has 0 spiro atoms. The number of benzene rings is 1. The van der Waals surface area contributed by atoms with E-state index in [1.807, 2.05) is 12.1 Å². The maximum atomic E-state index is 11.6. The standard InChI is InChI=1S/C11H7N3O2S2/c1-14-8-4-6(18-11-13-12-5-17-11)2-3-7(8)9(15)10(14)16/h2-5H,1H3. The summed E-state index contributed by atoms with van der Waals surface area (Å²) in [6.07, 6.45) is 0. The van der Waals surface area contributed by atoms with Crippen LogP contribution in [0.3, 0.4) is 0 Å². The summed E-state index contributed by atoms with van der Waals surface area (Å²) in [5, 5.41) is 7.70. The summed E-state index contributed by atoms with van der Waals surface area (Å²) < 4.78 is 0.827. The molecule has 0 radical (unpaired) electrons. The first-order valence-electron chi connectivity index (χ1n) is 5.07. The Morgan fingerprint density at radius 1 is 1.33 bits per heavy atom. The molecule has 2 heterocycles. The molecule has 18 heavy (non-hydrogen) atoms. The number of anilines is 1. The Hall–Kier alpha value is -1.73. The van der Waals surface area contributed by atoms with E-state index in [0.717, 1.165) is 9.24 Å². The zero-order chi connectivity index (χ0) is 12.7. The maximum absolute atomic E-state index is 11.6. The molecule has 2 aromatic rings. The highest BCUT2D eigenvalue weighted by Crippen LogP contribution is 2.35. The number of carbonyl (C=O) groups is 2. The summed E-state index contributed by atoms with van der Waals surface area (Å²) >= 11 is 2.91. The van der Waals surface area contributed by atoms with Crippen LogP contribution in [0.2, 0.25) is 0 Å². The van der Waals surface area contributed by atoms with Gasteiger partial charge in [-0.1, -0.05) is 23.1 Å². The number of hydrogen-bond acceptors (Lipinski definition) is 6. The Bertz CT molecular complexity index is 640. The maximum Gasteiger partial charge on any atom is 0.299 e. The first-order chi connectivity index (χ1) is 8.66. The molecule has 0 saturated heterocycles. The molecule has 0 bridgehead atoms. The number of ketones is 1. The third-order valence-electron chi connectivity index (χ3n) is 2.62. The van der Waals surface area contributed by atoms with Gasteiger partial charge < -0.3 is 4.90 Å². The summed E-state index contributed by atoms with van der Waals surface area (Å²) in [5.41, 5.74) is 2.78. The van der Waals surface area contributed by atoms with Crippen molar-refractivity contribution in [2.45, 2.75) is 9.24 Å². The molecule has 0 aliphatic carbocycles. The lowest BCUT2D eigenvalue weighted by atomic mass is 10.1. The van der Waals surface area contributed by atoms with Gasteiger partial charge in [0.2, 0.25) is 0 Å². The molecule has 1 aliphatic heterocycles. The van der Waals surface area contributed by atoms with Gasteiger partial charge in [0.15, 0.2) is 4.34 Å². The van der Waals surface area contributed by atoms with Crippen molar-refractivity contribution in [2.75, 3.05) is 11.9 Å². The van der Waals surface area contributed by atoms with E-state index in [9.17, 15) is 9.59 Å². The third-order valence-corrected chi connectivity index (χ3v) is 4.39. The molecule has 1 amide bonds. The van der Waals surface area contributed by atoms with Gasteiger partial charge >= 0.3 is 0 Å². The summed E-state index contributed by atoms with van der Waals surface area (Å²) in [7, 11) is 1.60. The predicted octanol–water partition coefficient (Wildman–Crippen LogP) is 1.85. The average molecular weight is 277 g/mol. The molecule has 1 aliphatic rings. The van der Waals surface area contributed by atoms with E-state index in [4.69, 9.17) is 0 Å². The second kappa shape index (κ2) is 4.18. The zero-order valence-corrected chi connectivity index (χ0v) is 10.9. The van der Waals surface area contributed by atoms with Crippen LogP contribution in [0.15, 0.2) is 32.9 Å². The van der Waals surface area contributed by atoms with E-state index < -0.39 is 11.7 Å². The van der Waals surface area contributed by atoms with Crippen LogP contribution in [-0.4, -0.2) is 28.9 Å². The molecule has 0 unspecified atom stereocenters. The number of nitrogens with zero attached hydrogens (tertiary/aromatic N) is 3. The van der Waals surface area contributed by atoms with Crippen LogP contribution >= 0.6 is 23.1 Å². The molecule has 1 aromatic carbocycles. The highest BCUT2D eigenvalue weighted by atomic mass is 32.2. The van der Waals surface area contributed by atoms with Gasteiger partial charge in [-0.3, -0.25) is 9.59 Å². The van der Waals surface area contributed by atoms with Crippen molar-refractivity contribution in [3.8, 4) is 0 Å². The summed E-state index contributed by atoms with van der Waals surface area (Å²) in [4.78, 5) is 25.5. The van der Waals surface area contributed by atoms with E-state index in [1.165, 1.54) is 28.0 Å². The number of hydrogen-bond donors (Lipinski definition) is 0. The van der Waals surface area contributed by atoms with Gasteiger partial charge in [-0.15, -0.1) is 10.2 Å². The van der Waals surface area contributed by atoms with Crippen LogP contribution in [0.25, 0.3) is 0 Å². The molecular weight excluding hydrogens is 270 g/mol. The number of carbonyl (C=O) groups excluding carboxylic acids is 2. The summed E-state index contributed by atoms with van der Waals surface area (Å²) in [6.45, 7) is 0. The van der Waals surface area contributed by atoms with Crippen molar-refractivity contribution in [2.24, 2.45) is 0 Å². The summed E-state index contributed by atoms with van der Waals surface area (Å²) in [5.74, 6) is -0.928. The fraction of sp³-hybridized carbons (Fsp3) is 0.0909. The van der Waals surface area contributed by atoms with Crippen LogP contribution in [-0.2, 0) is 4.79 Å². The molecule has 7 heteroatoms. The van der Waals surface area contributed by atoms with Gasteiger partial charge in [-0.25, -0.2) is 0 Å². The number of rotatable bonds is 2. The monoisotopic (exact) mass is 277 g/mol. The minimum absolute atomic E-state index is 0.444. The molecule has 3 rings (SSSR count). The number of Topliss-reactive ketones (excluding diaryl/α,β-unsaturated/α-hetero) is 1. The van der Waals surface area contributed by atoms with Crippen LogP contribution in [0, 0.1) is 0 Å². The topological polar surface area (TPSA) is 63.2 Å². The first kappa shape index (κ1) is 11.4. The quantitative estimate of drug-likeness (QED) is 0.784. The van der Waals surface area contributed by atoms with Crippen molar-refractivity contribution < 1.29 is 9.59 Å². The average Bonchev–Trinajstić information content (AvgIpc) is 2.95. The molecule has 5 nitrogen and oxygen atoms in total. The molecule has 0 N–H and O–H groups in total. The second-order valence-corrected chi connectivity index (χ2v) is 5.83. The normalized spacial score (nSPS) is 14.2. The van der Waals surface area contributed by atoms with Crippen molar-refractivity contribution in [3.05, 3.63) is 29.3 Å². The Morgan fingerprint density at radius 2 is 2.17 bits per heavy atom. The van der Waals surface area contributed by atoms with Gasteiger partial charge in [0.05, 0.1) is 11.3 Å². The van der Waals surface area contributed by atoms with Crippen molar-refractivity contribution >= 4 is 40.5 Å². The van der Waals surface area contributed by atoms with Gasteiger partial charge in [0, 0.05) is 11.9 Å². The lowest BCUT2D eigenvalue weighted by Gasteiger charge is -2.09. The van der Waals surface area contributed by atoms with Crippen molar-refractivity contribution in [1.82, 2.24) is 10.2 Å².